The van der Waals surface area contributed by atoms with Gasteiger partial charge in [0.05, 0.1) is 17.7 Å². The summed E-state index contributed by atoms with van der Waals surface area (Å²) >= 11 is 9.68. The number of amides is 2. The van der Waals surface area contributed by atoms with Crippen LogP contribution in [-0.2, 0) is 32.6 Å². The van der Waals surface area contributed by atoms with Gasteiger partial charge in [-0.15, -0.1) is 0 Å². The second-order valence-electron chi connectivity index (χ2n) is 9.63. The average molecular weight is 685 g/mol. The number of hydrogen-bond acceptors (Lipinski definition) is 5. The molecule has 0 bridgehead atoms. The van der Waals surface area contributed by atoms with E-state index in [-0.39, 0.29) is 29.5 Å². The first-order chi connectivity index (χ1) is 20.6. The van der Waals surface area contributed by atoms with Gasteiger partial charge in [-0.25, -0.2) is 8.42 Å². The number of halogens is 2. The van der Waals surface area contributed by atoms with Gasteiger partial charge < -0.3 is 15.0 Å². The fourth-order valence-electron chi connectivity index (χ4n) is 4.54. The van der Waals surface area contributed by atoms with Crippen LogP contribution in [0.4, 0.5) is 5.69 Å². The van der Waals surface area contributed by atoms with Gasteiger partial charge in [-0.3, -0.25) is 13.9 Å². The van der Waals surface area contributed by atoms with E-state index < -0.39 is 28.5 Å². The summed E-state index contributed by atoms with van der Waals surface area (Å²) in [5.74, 6) is -0.453. The van der Waals surface area contributed by atoms with Crippen molar-refractivity contribution < 1.29 is 22.7 Å². The van der Waals surface area contributed by atoms with Crippen LogP contribution in [0.1, 0.15) is 11.1 Å². The molecule has 0 radical (unpaired) electrons. The lowest BCUT2D eigenvalue weighted by molar-refractivity contribution is -0.139. The van der Waals surface area contributed by atoms with Gasteiger partial charge >= 0.3 is 0 Å². The maximum Gasteiger partial charge on any atom is 0.264 e. The molecule has 1 N–H and O–H groups in total. The zero-order valence-corrected chi connectivity index (χ0v) is 26.8. The molecule has 0 unspecified atom stereocenters. The first-order valence-electron chi connectivity index (χ1n) is 13.3. The molecular formula is C32H31BrClN3O5S. The second kappa shape index (κ2) is 14.5. The SMILES string of the molecule is CNC(=O)[C@@H](Cc1ccccc1)N(Cc1ccc(Br)cc1)C(=O)CN(c1cccc(Cl)c1)S(=O)(=O)c1ccc(OC)cc1. The Hall–Kier alpha value is -3.86. The molecule has 43 heavy (non-hydrogen) atoms. The monoisotopic (exact) mass is 683 g/mol. The van der Waals surface area contributed by atoms with Crippen molar-refractivity contribution >= 4 is 55.1 Å². The van der Waals surface area contributed by atoms with Gasteiger partial charge in [0.15, 0.2) is 0 Å². The normalized spacial score (nSPS) is 11.8. The number of hydrogen-bond donors (Lipinski definition) is 1. The van der Waals surface area contributed by atoms with Crippen LogP contribution in [0.5, 0.6) is 5.75 Å². The minimum absolute atomic E-state index is 0.0346. The number of carbonyl (C=O) groups is 2. The molecule has 1 atom stereocenters. The van der Waals surface area contributed by atoms with Crippen LogP contribution < -0.4 is 14.4 Å². The van der Waals surface area contributed by atoms with Gasteiger partial charge in [0.2, 0.25) is 11.8 Å². The number of likely N-dealkylation sites (N-methyl/N-ethyl adjacent to an activating group) is 1. The topological polar surface area (TPSA) is 96.0 Å². The maximum absolute atomic E-state index is 14.3. The van der Waals surface area contributed by atoms with Gasteiger partial charge in [0.25, 0.3) is 10.0 Å². The number of nitrogens with zero attached hydrogens (tertiary/aromatic N) is 2. The molecule has 4 aromatic rings. The van der Waals surface area contributed by atoms with Crippen LogP contribution in [0.2, 0.25) is 5.02 Å². The summed E-state index contributed by atoms with van der Waals surface area (Å²) in [7, 11) is -1.25. The van der Waals surface area contributed by atoms with Crippen molar-refractivity contribution in [3.05, 3.63) is 124 Å². The molecule has 0 aliphatic carbocycles. The molecule has 0 heterocycles. The van der Waals surface area contributed by atoms with E-state index in [0.717, 1.165) is 19.9 Å². The number of ether oxygens (including phenoxy) is 1. The summed E-state index contributed by atoms with van der Waals surface area (Å²) in [6, 6.07) is 28.0. The maximum atomic E-state index is 14.3. The Morgan fingerprint density at radius 3 is 2.19 bits per heavy atom. The molecule has 0 aliphatic rings. The van der Waals surface area contributed by atoms with E-state index in [1.807, 2.05) is 54.6 Å². The van der Waals surface area contributed by atoms with Crippen LogP contribution >= 0.6 is 27.5 Å². The summed E-state index contributed by atoms with van der Waals surface area (Å²) < 4.78 is 35.1. The molecule has 0 aliphatic heterocycles. The minimum atomic E-state index is -4.25. The van der Waals surface area contributed by atoms with Gasteiger partial charge in [-0.05, 0) is 65.7 Å². The van der Waals surface area contributed by atoms with Crippen molar-refractivity contribution in [2.24, 2.45) is 0 Å². The zero-order valence-electron chi connectivity index (χ0n) is 23.6. The van der Waals surface area contributed by atoms with E-state index in [1.165, 1.54) is 49.4 Å². The summed E-state index contributed by atoms with van der Waals surface area (Å²) in [6.07, 6.45) is 0.227. The van der Waals surface area contributed by atoms with Gasteiger partial charge in [-0.2, -0.15) is 0 Å². The average Bonchev–Trinajstić information content (AvgIpc) is 3.02. The Morgan fingerprint density at radius 1 is 0.907 bits per heavy atom. The third-order valence-electron chi connectivity index (χ3n) is 6.81. The van der Waals surface area contributed by atoms with Crippen LogP contribution in [0, 0.1) is 0 Å². The molecule has 0 aromatic heterocycles. The number of sulfonamides is 1. The summed E-state index contributed by atoms with van der Waals surface area (Å²) in [4.78, 5) is 29.0. The highest BCUT2D eigenvalue weighted by atomic mass is 79.9. The standard InChI is InChI=1S/C32H31BrClN3O5S/c1-35-32(39)30(19-23-7-4-3-5-8-23)36(21-24-11-13-25(33)14-12-24)31(38)22-37(27-10-6-9-26(34)20-27)43(40,41)29-17-15-28(42-2)16-18-29/h3-18,20,30H,19,21-22H2,1-2H3,(H,35,39)/t30-/m1/s1. The third-order valence-corrected chi connectivity index (χ3v) is 9.36. The Labute approximate surface area is 265 Å². The van der Waals surface area contributed by atoms with Crippen LogP contribution in [0.15, 0.2) is 112 Å². The fraction of sp³-hybridized carbons (Fsp3) is 0.188. The van der Waals surface area contributed by atoms with Crippen molar-refractivity contribution in [2.75, 3.05) is 25.0 Å². The number of nitrogens with one attached hydrogen (secondary N) is 1. The van der Waals surface area contributed by atoms with Crippen LogP contribution in [-0.4, -0.2) is 51.9 Å². The largest absolute Gasteiger partial charge is 0.497 e. The highest BCUT2D eigenvalue weighted by Crippen LogP contribution is 2.28. The highest BCUT2D eigenvalue weighted by molar-refractivity contribution is 9.10. The molecular weight excluding hydrogens is 654 g/mol. The summed E-state index contributed by atoms with van der Waals surface area (Å²) in [6.45, 7) is -0.503. The first-order valence-corrected chi connectivity index (χ1v) is 15.9. The van der Waals surface area contributed by atoms with Crippen molar-refractivity contribution in [1.29, 1.82) is 0 Å². The Bertz CT molecular complexity index is 1650. The number of benzene rings is 4. The molecule has 11 heteroatoms. The van der Waals surface area contributed by atoms with E-state index in [1.54, 1.807) is 18.2 Å². The minimum Gasteiger partial charge on any atom is -0.497 e. The molecule has 2 amide bonds. The molecule has 0 saturated carbocycles. The lowest BCUT2D eigenvalue weighted by atomic mass is 10.0. The Kier molecular flexibility index (Phi) is 10.8. The van der Waals surface area contributed by atoms with E-state index in [0.29, 0.717) is 10.8 Å². The number of rotatable bonds is 12. The summed E-state index contributed by atoms with van der Waals surface area (Å²) in [5.41, 5.74) is 1.83. The fourth-order valence-corrected chi connectivity index (χ4v) is 6.40. The van der Waals surface area contributed by atoms with E-state index in [9.17, 15) is 18.0 Å². The Morgan fingerprint density at radius 2 is 1.58 bits per heavy atom. The molecule has 4 aromatic carbocycles. The lowest BCUT2D eigenvalue weighted by Crippen LogP contribution is -2.53. The van der Waals surface area contributed by atoms with Crippen molar-refractivity contribution in [3.8, 4) is 5.75 Å². The van der Waals surface area contributed by atoms with Crippen LogP contribution in [0.3, 0.4) is 0 Å². The second-order valence-corrected chi connectivity index (χ2v) is 12.8. The molecule has 0 fully saturated rings. The van der Waals surface area contributed by atoms with Crippen molar-refractivity contribution in [3.63, 3.8) is 0 Å². The molecule has 8 nitrogen and oxygen atoms in total. The Balaban J connectivity index is 1.78. The first kappa shape index (κ1) is 32.1. The molecule has 0 spiro atoms. The molecule has 0 saturated heterocycles. The number of carbonyl (C=O) groups excluding carboxylic acids is 2. The van der Waals surface area contributed by atoms with Gasteiger partial charge in [0, 0.05) is 29.5 Å². The lowest BCUT2D eigenvalue weighted by Gasteiger charge is -2.33. The predicted octanol–water partition coefficient (Wildman–Crippen LogP) is 5.69. The summed E-state index contributed by atoms with van der Waals surface area (Å²) in [5, 5.41) is 2.98. The third kappa shape index (κ3) is 8.16. The van der Waals surface area contributed by atoms with Crippen molar-refractivity contribution in [1.82, 2.24) is 10.2 Å². The quantitative estimate of drug-likeness (QED) is 0.207. The molecule has 224 valence electrons. The van der Waals surface area contributed by atoms with Gasteiger partial charge in [0.1, 0.15) is 18.3 Å². The number of methoxy groups -OCH3 is 1. The van der Waals surface area contributed by atoms with Crippen molar-refractivity contribution in [2.45, 2.75) is 23.9 Å². The predicted molar refractivity (Wildman–Crippen MR) is 172 cm³/mol. The van der Waals surface area contributed by atoms with Crippen LogP contribution in [0.25, 0.3) is 0 Å². The smallest absolute Gasteiger partial charge is 0.264 e. The molecule has 4 rings (SSSR count). The van der Waals surface area contributed by atoms with E-state index in [2.05, 4.69) is 21.2 Å². The number of anilines is 1. The van der Waals surface area contributed by atoms with Gasteiger partial charge in [-0.1, -0.05) is 76.1 Å². The van der Waals surface area contributed by atoms with E-state index >= 15 is 0 Å². The van der Waals surface area contributed by atoms with E-state index in [4.69, 9.17) is 16.3 Å². The highest BCUT2D eigenvalue weighted by Gasteiger charge is 2.34. The zero-order chi connectivity index (χ0) is 31.0.